The lowest BCUT2D eigenvalue weighted by atomic mass is 9.81. The Morgan fingerprint density at radius 3 is 1.81 bits per heavy atom. The fourth-order valence-corrected chi connectivity index (χ4v) is 5.02. The maximum absolute atomic E-state index is 11.6. The summed E-state index contributed by atoms with van der Waals surface area (Å²) in [5, 5.41) is 21.0. The molecular weight excluding hydrogens is 492 g/mol. The summed E-state index contributed by atoms with van der Waals surface area (Å²) in [5.41, 5.74) is 9.15. The molecule has 0 aliphatic heterocycles. The molecule has 37 heavy (non-hydrogen) atoms. The highest BCUT2D eigenvalue weighted by molar-refractivity contribution is 7.92. The third-order valence-electron chi connectivity index (χ3n) is 6.43. The SMILES string of the molecule is COc1ccc(C(C[C@@H](C)C[C@@H](O)C(N)c2ccc(O)c(NS(C)(=O)=O)c2)c2ccc(OC)cc2)cc1. The van der Waals surface area contributed by atoms with Crippen LogP contribution in [0.15, 0.2) is 66.7 Å². The monoisotopic (exact) mass is 528 g/mol. The van der Waals surface area contributed by atoms with Crippen molar-refractivity contribution in [2.24, 2.45) is 11.7 Å². The first-order valence-electron chi connectivity index (χ1n) is 12.0. The summed E-state index contributed by atoms with van der Waals surface area (Å²) in [6, 6.07) is 19.6. The number of phenolic OH excluding ortho intramolecular Hbond substituents is 1. The minimum absolute atomic E-state index is 0.0229. The normalized spacial score (nSPS) is 14.1. The third-order valence-corrected chi connectivity index (χ3v) is 7.02. The fourth-order valence-electron chi connectivity index (χ4n) is 4.46. The number of aliphatic hydroxyl groups excluding tert-OH is 1. The third kappa shape index (κ3) is 7.85. The van der Waals surface area contributed by atoms with E-state index in [1.807, 2.05) is 24.3 Å². The Kier molecular flexibility index (Phi) is 9.42. The Morgan fingerprint density at radius 2 is 1.35 bits per heavy atom. The average molecular weight is 529 g/mol. The summed E-state index contributed by atoms with van der Waals surface area (Å²) >= 11 is 0. The van der Waals surface area contributed by atoms with Crippen molar-refractivity contribution in [3.8, 4) is 17.2 Å². The molecule has 0 amide bonds. The number of nitrogens with one attached hydrogen (secondary N) is 1. The summed E-state index contributed by atoms with van der Waals surface area (Å²) in [6.45, 7) is 2.07. The highest BCUT2D eigenvalue weighted by atomic mass is 32.2. The highest BCUT2D eigenvalue weighted by Crippen LogP contribution is 2.35. The van der Waals surface area contributed by atoms with E-state index in [-0.39, 0.29) is 23.3 Å². The van der Waals surface area contributed by atoms with Crippen LogP contribution in [0.25, 0.3) is 0 Å². The second-order valence-corrected chi connectivity index (χ2v) is 11.2. The van der Waals surface area contributed by atoms with Gasteiger partial charge in [-0.3, -0.25) is 4.72 Å². The second kappa shape index (κ2) is 12.3. The van der Waals surface area contributed by atoms with Gasteiger partial charge in [0.1, 0.15) is 17.2 Å². The fraction of sp³-hybridized carbons (Fsp3) is 0.357. The predicted octanol–water partition coefficient (Wildman–Crippen LogP) is 4.39. The lowest BCUT2D eigenvalue weighted by Gasteiger charge is -2.26. The van der Waals surface area contributed by atoms with Crippen LogP contribution in [0.5, 0.6) is 17.2 Å². The van der Waals surface area contributed by atoms with Gasteiger partial charge >= 0.3 is 0 Å². The minimum atomic E-state index is -3.59. The van der Waals surface area contributed by atoms with Gasteiger partial charge in [0.05, 0.1) is 38.3 Å². The molecule has 0 aliphatic rings. The Balaban J connectivity index is 1.77. The van der Waals surface area contributed by atoms with Crippen molar-refractivity contribution in [1.29, 1.82) is 0 Å². The molecule has 0 fully saturated rings. The molecule has 3 atom stereocenters. The van der Waals surface area contributed by atoms with Crippen molar-refractivity contribution in [3.05, 3.63) is 83.4 Å². The Labute approximate surface area is 219 Å². The molecule has 0 saturated carbocycles. The van der Waals surface area contributed by atoms with E-state index >= 15 is 0 Å². The van der Waals surface area contributed by atoms with Gasteiger partial charge in [0.25, 0.3) is 0 Å². The molecule has 3 aromatic rings. The van der Waals surface area contributed by atoms with Gasteiger partial charge in [-0.1, -0.05) is 37.3 Å². The van der Waals surface area contributed by atoms with Crippen LogP contribution in [0.1, 0.15) is 48.4 Å². The van der Waals surface area contributed by atoms with Gasteiger partial charge in [-0.05, 0) is 71.8 Å². The minimum Gasteiger partial charge on any atom is -0.506 e. The van der Waals surface area contributed by atoms with Crippen LogP contribution in [0.3, 0.4) is 0 Å². The Morgan fingerprint density at radius 1 is 0.865 bits per heavy atom. The number of ether oxygens (including phenoxy) is 2. The zero-order valence-electron chi connectivity index (χ0n) is 21.6. The lowest BCUT2D eigenvalue weighted by molar-refractivity contribution is 0.115. The summed E-state index contributed by atoms with van der Waals surface area (Å²) in [6.07, 6.45) is 1.31. The van der Waals surface area contributed by atoms with Crippen LogP contribution in [-0.4, -0.2) is 45.2 Å². The van der Waals surface area contributed by atoms with E-state index in [0.717, 1.165) is 35.3 Å². The number of rotatable bonds is 12. The van der Waals surface area contributed by atoms with Crippen molar-refractivity contribution in [2.75, 3.05) is 25.2 Å². The highest BCUT2D eigenvalue weighted by Gasteiger charge is 2.24. The number of sulfonamides is 1. The van der Waals surface area contributed by atoms with Crippen molar-refractivity contribution >= 4 is 15.7 Å². The first-order valence-corrected chi connectivity index (χ1v) is 13.9. The van der Waals surface area contributed by atoms with Gasteiger partial charge in [0.2, 0.25) is 10.0 Å². The Hall–Kier alpha value is -3.27. The van der Waals surface area contributed by atoms with E-state index in [0.29, 0.717) is 12.0 Å². The molecule has 3 aromatic carbocycles. The molecule has 0 aromatic heterocycles. The number of anilines is 1. The van der Waals surface area contributed by atoms with Crippen molar-refractivity contribution in [1.82, 2.24) is 0 Å². The molecule has 3 rings (SSSR count). The largest absolute Gasteiger partial charge is 0.506 e. The van der Waals surface area contributed by atoms with Gasteiger partial charge in [-0.2, -0.15) is 0 Å². The maximum atomic E-state index is 11.6. The van der Waals surface area contributed by atoms with E-state index in [4.69, 9.17) is 15.2 Å². The quantitative estimate of drug-likeness (QED) is 0.256. The van der Waals surface area contributed by atoms with Crippen LogP contribution in [0.4, 0.5) is 5.69 Å². The molecule has 0 heterocycles. The molecule has 0 saturated heterocycles. The van der Waals surface area contributed by atoms with Crippen molar-refractivity contribution < 1.29 is 28.1 Å². The predicted molar refractivity (Wildman–Crippen MR) is 146 cm³/mol. The van der Waals surface area contributed by atoms with Crippen LogP contribution < -0.4 is 19.9 Å². The molecule has 0 spiro atoms. The molecule has 1 unspecified atom stereocenters. The van der Waals surface area contributed by atoms with E-state index < -0.39 is 22.2 Å². The summed E-state index contributed by atoms with van der Waals surface area (Å²) < 4.78 is 36.1. The van der Waals surface area contributed by atoms with E-state index in [1.165, 1.54) is 12.1 Å². The summed E-state index contributed by atoms with van der Waals surface area (Å²) in [4.78, 5) is 0. The number of hydrogen-bond donors (Lipinski definition) is 4. The molecule has 0 radical (unpaired) electrons. The maximum Gasteiger partial charge on any atom is 0.229 e. The number of aromatic hydroxyl groups is 1. The summed E-state index contributed by atoms with van der Waals surface area (Å²) in [7, 11) is -0.314. The summed E-state index contributed by atoms with van der Waals surface area (Å²) in [5.74, 6) is 1.53. The van der Waals surface area contributed by atoms with Gasteiger partial charge in [0.15, 0.2) is 0 Å². The van der Waals surface area contributed by atoms with Crippen LogP contribution in [-0.2, 0) is 10.0 Å². The van der Waals surface area contributed by atoms with Gasteiger partial charge in [-0.15, -0.1) is 0 Å². The van der Waals surface area contributed by atoms with E-state index in [1.54, 1.807) is 20.3 Å². The molecule has 200 valence electrons. The number of nitrogens with two attached hydrogens (primary N) is 1. The van der Waals surface area contributed by atoms with Gasteiger partial charge < -0.3 is 25.4 Å². The zero-order chi connectivity index (χ0) is 27.2. The molecule has 0 bridgehead atoms. The number of methoxy groups -OCH3 is 2. The number of phenols is 1. The van der Waals surface area contributed by atoms with Crippen molar-refractivity contribution in [3.63, 3.8) is 0 Å². The molecular formula is C28H36N2O6S. The molecule has 9 heteroatoms. The number of hydrogen-bond acceptors (Lipinski definition) is 7. The second-order valence-electron chi connectivity index (χ2n) is 9.42. The van der Waals surface area contributed by atoms with E-state index in [9.17, 15) is 18.6 Å². The molecule has 0 aliphatic carbocycles. The molecule has 8 nitrogen and oxygen atoms in total. The van der Waals surface area contributed by atoms with Crippen LogP contribution >= 0.6 is 0 Å². The van der Waals surface area contributed by atoms with Gasteiger partial charge in [-0.25, -0.2) is 8.42 Å². The number of benzene rings is 3. The van der Waals surface area contributed by atoms with Crippen LogP contribution in [0, 0.1) is 5.92 Å². The zero-order valence-corrected chi connectivity index (χ0v) is 22.4. The van der Waals surface area contributed by atoms with Crippen LogP contribution in [0.2, 0.25) is 0 Å². The lowest BCUT2D eigenvalue weighted by Crippen LogP contribution is -2.28. The van der Waals surface area contributed by atoms with Gasteiger partial charge in [0, 0.05) is 5.92 Å². The smallest absolute Gasteiger partial charge is 0.229 e. The Bertz CT molecular complexity index is 1220. The first-order chi connectivity index (χ1) is 17.5. The molecule has 5 N–H and O–H groups in total. The standard InChI is InChI=1S/C28H36N2O6S/c1-18(16-27(32)28(29)21-9-14-26(31)25(17-21)30-37(4,33)34)15-24(19-5-10-22(35-2)11-6-19)20-7-12-23(36-3)13-8-20/h5-14,17-18,24,27-28,30-32H,15-16,29H2,1-4H3/t18-,27-,28?/m1/s1. The number of aliphatic hydroxyl groups is 1. The van der Waals surface area contributed by atoms with E-state index in [2.05, 4.69) is 35.9 Å². The average Bonchev–Trinajstić information content (AvgIpc) is 2.87. The topological polar surface area (TPSA) is 131 Å². The van der Waals surface area contributed by atoms with Crippen molar-refractivity contribution in [2.45, 2.75) is 37.8 Å². The first kappa shape index (κ1) is 28.3.